The van der Waals surface area contributed by atoms with Crippen LogP contribution in [0.2, 0.25) is 0 Å². The van der Waals surface area contributed by atoms with Gasteiger partial charge < -0.3 is 0 Å². The van der Waals surface area contributed by atoms with Crippen molar-refractivity contribution >= 4 is 0 Å². The minimum Gasteiger partial charge on any atom is -0.0628 e. The minimum atomic E-state index is 0.867. The number of hydrogen-bond donors (Lipinski definition) is 0. The van der Waals surface area contributed by atoms with Crippen molar-refractivity contribution in [3.8, 4) is 0 Å². The second kappa shape index (κ2) is 12.1. The molecule has 0 saturated carbocycles. The molecule has 0 bridgehead atoms. The van der Waals surface area contributed by atoms with Crippen LogP contribution in [-0.4, -0.2) is 0 Å². The van der Waals surface area contributed by atoms with Crippen molar-refractivity contribution in [2.45, 2.75) is 98.8 Å². The van der Waals surface area contributed by atoms with Crippen LogP contribution >= 0.6 is 0 Å². The Labute approximate surface area is 117 Å². The van der Waals surface area contributed by atoms with Crippen molar-refractivity contribution < 1.29 is 0 Å². The molecular formula is C18H38. The summed E-state index contributed by atoms with van der Waals surface area (Å²) in [4.78, 5) is 0. The van der Waals surface area contributed by atoms with Crippen molar-refractivity contribution in [3.05, 3.63) is 0 Å². The van der Waals surface area contributed by atoms with E-state index in [1.54, 1.807) is 0 Å². The molecule has 0 aromatic carbocycles. The van der Waals surface area contributed by atoms with Gasteiger partial charge in [-0.25, -0.2) is 0 Å². The Kier molecular flexibility index (Phi) is 12.1. The maximum absolute atomic E-state index is 2.40. The van der Waals surface area contributed by atoms with Gasteiger partial charge in [0.05, 0.1) is 0 Å². The van der Waals surface area contributed by atoms with Gasteiger partial charge in [-0.3, -0.25) is 0 Å². The predicted octanol–water partition coefficient (Wildman–Crippen LogP) is 6.84. The van der Waals surface area contributed by atoms with E-state index < -0.39 is 0 Å². The van der Waals surface area contributed by atoms with Crippen LogP contribution < -0.4 is 0 Å². The van der Waals surface area contributed by atoms with Gasteiger partial charge >= 0.3 is 0 Å². The zero-order valence-corrected chi connectivity index (χ0v) is 13.8. The van der Waals surface area contributed by atoms with Crippen LogP contribution in [0, 0.1) is 17.8 Å². The molecule has 0 aliphatic rings. The smallest absolute Gasteiger partial charge is 0.0420 e. The third-order valence-electron chi connectivity index (χ3n) is 4.33. The van der Waals surface area contributed by atoms with Gasteiger partial charge in [-0.2, -0.15) is 0 Å². The Bertz CT molecular complexity index is 157. The first-order valence-electron chi connectivity index (χ1n) is 8.54. The Balaban J connectivity index is 3.08. The first kappa shape index (κ1) is 18.0. The van der Waals surface area contributed by atoms with Crippen molar-refractivity contribution in [2.75, 3.05) is 0 Å². The molecule has 0 radical (unpaired) electrons. The summed E-state index contributed by atoms with van der Waals surface area (Å²) in [5.41, 5.74) is 0. The van der Waals surface area contributed by atoms with E-state index in [9.17, 15) is 0 Å². The molecule has 0 saturated heterocycles. The highest BCUT2D eigenvalue weighted by molar-refractivity contribution is 4.57. The van der Waals surface area contributed by atoms with Crippen molar-refractivity contribution in [2.24, 2.45) is 17.8 Å². The van der Waals surface area contributed by atoms with Crippen LogP contribution in [0.15, 0.2) is 0 Å². The van der Waals surface area contributed by atoms with E-state index in [1.165, 1.54) is 64.2 Å². The third kappa shape index (κ3) is 12.5. The summed E-state index contributed by atoms with van der Waals surface area (Å²) in [6, 6.07) is 0. The van der Waals surface area contributed by atoms with Crippen LogP contribution in [0.3, 0.4) is 0 Å². The highest BCUT2D eigenvalue weighted by Crippen LogP contribution is 2.18. The Morgan fingerprint density at radius 3 is 1.28 bits per heavy atom. The summed E-state index contributed by atoms with van der Waals surface area (Å²) in [6.45, 7) is 11.8. The summed E-state index contributed by atoms with van der Waals surface area (Å²) in [6.07, 6.45) is 14.6. The fourth-order valence-electron chi connectivity index (χ4n) is 2.41. The zero-order valence-electron chi connectivity index (χ0n) is 13.8. The van der Waals surface area contributed by atoms with Crippen molar-refractivity contribution in [3.63, 3.8) is 0 Å². The Morgan fingerprint density at radius 1 is 0.500 bits per heavy atom. The van der Waals surface area contributed by atoms with Crippen molar-refractivity contribution in [1.29, 1.82) is 0 Å². The number of rotatable bonds is 12. The standard InChI is InChI=1S/C18H38/c1-16(2)14-12-10-8-6-7-9-11-13-15-18(5)17(3)4/h16-18H,6-15H2,1-5H3. The SMILES string of the molecule is CC(C)CCCCCCCCCCC(C)C(C)C. The molecule has 0 aromatic heterocycles. The molecule has 0 spiro atoms. The van der Waals surface area contributed by atoms with Gasteiger partial charge in [0.15, 0.2) is 0 Å². The van der Waals surface area contributed by atoms with Gasteiger partial charge in [0.25, 0.3) is 0 Å². The lowest BCUT2D eigenvalue weighted by Crippen LogP contribution is -2.03. The molecular weight excluding hydrogens is 216 g/mol. The predicted molar refractivity (Wildman–Crippen MR) is 85.0 cm³/mol. The van der Waals surface area contributed by atoms with Gasteiger partial charge in [0.2, 0.25) is 0 Å². The molecule has 0 N–H and O–H groups in total. The average molecular weight is 255 g/mol. The van der Waals surface area contributed by atoms with E-state index in [-0.39, 0.29) is 0 Å². The van der Waals surface area contributed by atoms with E-state index in [0.29, 0.717) is 0 Å². The fourth-order valence-corrected chi connectivity index (χ4v) is 2.41. The average Bonchev–Trinajstić information content (AvgIpc) is 2.30. The maximum atomic E-state index is 2.40. The summed E-state index contributed by atoms with van der Waals surface area (Å²) in [5, 5.41) is 0. The van der Waals surface area contributed by atoms with Crippen LogP contribution in [0.25, 0.3) is 0 Å². The second-order valence-electron chi connectivity index (χ2n) is 7.02. The van der Waals surface area contributed by atoms with E-state index >= 15 is 0 Å². The summed E-state index contributed by atoms with van der Waals surface area (Å²) in [7, 11) is 0. The Morgan fingerprint density at radius 2 is 0.889 bits per heavy atom. The van der Waals surface area contributed by atoms with E-state index in [1.807, 2.05) is 0 Å². The molecule has 1 unspecified atom stereocenters. The molecule has 110 valence electrons. The van der Waals surface area contributed by atoms with Gasteiger partial charge in [-0.05, 0) is 17.8 Å². The summed E-state index contributed by atoms with van der Waals surface area (Å²) >= 11 is 0. The van der Waals surface area contributed by atoms with Gasteiger partial charge in [0, 0.05) is 0 Å². The summed E-state index contributed by atoms with van der Waals surface area (Å²) < 4.78 is 0. The third-order valence-corrected chi connectivity index (χ3v) is 4.33. The highest BCUT2D eigenvalue weighted by atomic mass is 14.1. The maximum Gasteiger partial charge on any atom is -0.0420 e. The van der Waals surface area contributed by atoms with Gasteiger partial charge in [0.1, 0.15) is 0 Å². The van der Waals surface area contributed by atoms with Crippen molar-refractivity contribution in [1.82, 2.24) is 0 Å². The van der Waals surface area contributed by atoms with E-state index in [0.717, 1.165) is 17.8 Å². The van der Waals surface area contributed by atoms with Crippen LogP contribution in [0.1, 0.15) is 98.8 Å². The molecule has 0 amide bonds. The molecule has 0 heterocycles. The first-order chi connectivity index (χ1) is 8.54. The van der Waals surface area contributed by atoms with Crippen LogP contribution in [-0.2, 0) is 0 Å². The summed E-state index contributed by atoms with van der Waals surface area (Å²) in [5.74, 6) is 2.68. The molecule has 0 aromatic rings. The van der Waals surface area contributed by atoms with E-state index in [4.69, 9.17) is 0 Å². The largest absolute Gasteiger partial charge is 0.0628 e. The monoisotopic (exact) mass is 254 g/mol. The molecule has 0 aliphatic carbocycles. The van der Waals surface area contributed by atoms with Gasteiger partial charge in [-0.1, -0.05) is 98.8 Å². The number of unbranched alkanes of at least 4 members (excludes halogenated alkanes) is 7. The Hall–Kier alpha value is 0. The molecule has 1 atom stereocenters. The van der Waals surface area contributed by atoms with E-state index in [2.05, 4.69) is 34.6 Å². The van der Waals surface area contributed by atoms with Crippen LogP contribution in [0.5, 0.6) is 0 Å². The first-order valence-corrected chi connectivity index (χ1v) is 8.54. The molecule has 0 rings (SSSR count). The van der Waals surface area contributed by atoms with Crippen LogP contribution in [0.4, 0.5) is 0 Å². The lowest BCUT2D eigenvalue weighted by atomic mass is 9.92. The molecule has 0 heteroatoms. The molecule has 18 heavy (non-hydrogen) atoms. The topological polar surface area (TPSA) is 0 Å². The number of hydrogen-bond acceptors (Lipinski definition) is 0. The minimum absolute atomic E-state index is 0.867. The molecule has 0 nitrogen and oxygen atoms in total. The quantitative estimate of drug-likeness (QED) is 0.335. The fraction of sp³-hybridized carbons (Fsp3) is 1.00. The van der Waals surface area contributed by atoms with Gasteiger partial charge in [-0.15, -0.1) is 0 Å². The lowest BCUT2D eigenvalue weighted by Gasteiger charge is -2.14. The molecule has 0 fully saturated rings. The zero-order chi connectivity index (χ0) is 13.8. The highest BCUT2D eigenvalue weighted by Gasteiger charge is 2.05. The normalized spacial score (nSPS) is 13.5. The molecule has 0 aliphatic heterocycles. The second-order valence-corrected chi connectivity index (χ2v) is 7.02. The lowest BCUT2D eigenvalue weighted by molar-refractivity contribution is 0.374.